The molecule has 3 heterocycles. The fourth-order valence-electron chi connectivity index (χ4n) is 4.94. The van der Waals surface area contributed by atoms with Gasteiger partial charge in [-0.15, -0.1) is 0 Å². The van der Waals surface area contributed by atoms with Crippen molar-refractivity contribution < 1.29 is 4.74 Å². The van der Waals surface area contributed by atoms with Crippen LogP contribution in [-0.2, 0) is 19.3 Å². The number of ether oxygens (including phenoxy) is 1. The Kier molecular flexibility index (Phi) is 3.78. The van der Waals surface area contributed by atoms with Gasteiger partial charge in [-0.1, -0.05) is 24.3 Å². The number of likely N-dealkylation sites (tertiary alicyclic amines) is 1. The first-order valence-electron chi connectivity index (χ1n) is 9.72. The summed E-state index contributed by atoms with van der Waals surface area (Å²) in [5, 5.41) is 0. The maximum atomic E-state index is 6.49. The summed E-state index contributed by atoms with van der Waals surface area (Å²) < 4.78 is 6.49. The van der Waals surface area contributed by atoms with Crippen LogP contribution in [0.3, 0.4) is 0 Å². The summed E-state index contributed by atoms with van der Waals surface area (Å²) in [5.74, 6) is 1.87. The van der Waals surface area contributed by atoms with Gasteiger partial charge in [0.1, 0.15) is 11.4 Å². The van der Waals surface area contributed by atoms with Crippen LogP contribution in [-0.4, -0.2) is 35.1 Å². The number of aryl methyl sites for hydroxylation is 1. The summed E-state index contributed by atoms with van der Waals surface area (Å²) in [6.45, 7) is 3.55. The lowest BCUT2D eigenvalue weighted by atomic mass is 9.83. The summed E-state index contributed by atoms with van der Waals surface area (Å²) >= 11 is 0. The minimum Gasteiger partial charge on any atom is -0.487 e. The van der Waals surface area contributed by atoms with Crippen LogP contribution in [0, 0.1) is 5.92 Å². The molecule has 2 aromatic rings. The van der Waals surface area contributed by atoms with Crippen molar-refractivity contribution in [3.05, 3.63) is 59.4 Å². The SMILES string of the molecule is c1ccc2c(c1)CCC1(CCN(CC3Cc4cccnc4C3)CC1)O2. The minimum absolute atomic E-state index is 0.0883. The molecule has 3 nitrogen and oxygen atoms in total. The molecule has 1 spiro atoms. The number of piperidine rings is 1. The van der Waals surface area contributed by atoms with Crippen molar-refractivity contribution in [2.24, 2.45) is 5.92 Å². The summed E-state index contributed by atoms with van der Waals surface area (Å²) in [6.07, 6.45) is 8.97. The Labute approximate surface area is 150 Å². The average Bonchev–Trinajstić information content (AvgIpc) is 3.06. The van der Waals surface area contributed by atoms with Crippen LogP contribution in [0.15, 0.2) is 42.6 Å². The average molecular weight is 334 g/mol. The lowest BCUT2D eigenvalue weighted by Gasteiger charge is -2.45. The number of pyridine rings is 1. The van der Waals surface area contributed by atoms with Crippen LogP contribution in [0.4, 0.5) is 0 Å². The first kappa shape index (κ1) is 15.4. The van der Waals surface area contributed by atoms with Gasteiger partial charge in [0.2, 0.25) is 0 Å². The van der Waals surface area contributed by atoms with E-state index >= 15 is 0 Å². The van der Waals surface area contributed by atoms with Gasteiger partial charge in [-0.3, -0.25) is 4.98 Å². The Morgan fingerprint density at radius 3 is 2.72 bits per heavy atom. The standard InChI is InChI=1S/C22H26N2O/c1-2-6-21-18(4-1)7-8-22(25-21)9-12-24(13-10-22)16-17-14-19-5-3-11-23-20(19)15-17/h1-6,11,17H,7-10,12-16H2. The summed E-state index contributed by atoms with van der Waals surface area (Å²) in [4.78, 5) is 7.21. The van der Waals surface area contributed by atoms with Crippen molar-refractivity contribution in [1.82, 2.24) is 9.88 Å². The molecule has 0 radical (unpaired) electrons. The zero-order chi connectivity index (χ0) is 16.7. The normalized spacial score (nSPS) is 24.6. The van der Waals surface area contributed by atoms with Crippen molar-refractivity contribution in [1.29, 1.82) is 0 Å². The van der Waals surface area contributed by atoms with E-state index in [1.54, 1.807) is 0 Å². The molecular weight excluding hydrogens is 308 g/mol. The van der Waals surface area contributed by atoms with E-state index in [0.29, 0.717) is 0 Å². The first-order chi connectivity index (χ1) is 12.3. The molecule has 130 valence electrons. The number of benzene rings is 1. The number of aromatic nitrogens is 1. The van der Waals surface area contributed by atoms with Crippen LogP contribution in [0.25, 0.3) is 0 Å². The Morgan fingerprint density at radius 2 is 1.84 bits per heavy atom. The van der Waals surface area contributed by atoms with Crippen LogP contribution in [0.1, 0.15) is 36.1 Å². The summed E-state index contributed by atoms with van der Waals surface area (Å²) in [7, 11) is 0. The highest BCUT2D eigenvalue weighted by Crippen LogP contribution is 2.39. The predicted molar refractivity (Wildman–Crippen MR) is 98.9 cm³/mol. The van der Waals surface area contributed by atoms with Gasteiger partial charge in [0.15, 0.2) is 0 Å². The molecule has 2 aliphatic heterocycles. The molecule has 1 aromatic carbocycles. The van der Waals surface area contributed by atoms with Crippen LogP contribution >= 0.6 is 0 Å². The molecule has 3 heteroatoms. The second kappa shape index (κ2) is 6.14. The third-order valence-corrected chi connectivity index (χ3v) is 6.41. The number of nitrogens with zero attached hydrogens (tertiary/aromatic N) is 2. The second-order valence-corrected chi connectivity index (χ2v) is 8.08. The molecule has 0 bridgehead atoms. The molecule has 3 aliphatic rings. The van der Waals surface area contributed by atoms with E-state index < -0.39 is 0 Å². The van der Waals surface area contributed by atoms with E-state index in [9.17, 15) is 0 Å². The summed E-state index contributed by atoms with van der Waals surface area (Å²) in [6, 6.07) is 12.9. The third-order valence-electron chi connectivity index (χ3n) is 6.41. The maximum absolute atomic E-state index is 6.49. The van der Waals surface area contributed by atoms with Crippen molar-refractivity contribution in [3.63, 3.8) is 0 Å². The van der Waals surface area contributed by atoms with Crippen molar-refractivity contribution in [2.45, 2.75) is 44.1 Å². The zero-order valence-electron chi connectivity index (χ0n) is 14.8. The topological polar surface area (TPSA) is 25.4 Å². The molecule has 0 amide bonds. The number of hydrogen-bond acceptors (Lipinski definition) is 3. The molecule has 5 rings (SSSR count). The molecule has 1 unspecified atom stereocenters. The highest BCUT2D eigenvalue weighted by molar-refractivity contribution is 5.36. The number of hydrogen-bond donors (Lipinski definition) is 0. The van der Waals surface area contributed by atoms with Crippen molar-refractivity contribution >= 4 is 0 Å². The van der Waals surface area contributed by atoms with Gasteiger partial charge >= 0.3 is 0 Å². The fourth-order valence-corrected chi connectivity index (χ4v) is 4.94. The van der Waals surface area contributed by atoms with Gasteiger partial charge in [-0.2, -0.15) is 0 Å². The zero-order valence-corrected chi connectivity index (χ0v) is 14.8. The van der Waals surface area contributed by atoms with E-state index in [2.05, 4.69) is 46.3 Å². The Bertz CT molecular complexity index is 739. The van der Waals surface area contributed by atoms with E-state index in [4.69, 9.17) is 4.74 Å². The Balaban J connectivity index is 1.19. The highest BCUT2D eigenvalue weighted by atomic mass is 16.5. The molecule has 1 fully saturated rings. The van der Waals surface area contributed by atoms with E-state index in [0.717, 1.165) is 18.1 Å². The fraction of sp³-hybridized carbons (Fsp3) is 0.500. The highest BCUT2D eigenvalue weighted by Gasteiger charge is 2.39. The lowest BCUT2D eigenvalue weighted by molar-refractivity contribution is -0.0172. The van der Waals surface area contributed by atoms with Crippen molar-refractivity contribution in [2.75, 3.05) is 19.6 Å². The van der Waals surface area contributed by atoms with Crippen LogP contribution in [0.5, 0.6) is 5.75 Å². The van der Waals surface area contributed by atoms with Gasteiger partial charge in [0.25, 0.3) is 0 Å². The number of para-hydroxylation sites is 1. The number of rotatable bonds is 2. The molecule has 1 aliphatic carbocycles. The van der Waals surface area contributed by atoms with Crippen LogP contribution < -0.4 is 4.74 Å². The molecule has 1 atom stereocenters. The smallest absolute Gasteiger partial charge is 0.123 e. The Morgan fingerprint density at radius 1 is 1.00 bits per heavy atom. The van der Waals surface area contributed by atoms with Gasteiger partial charge in [-0.25, -0.2) is 0 Å². The maximum Gasteiger partial charge on any atom is 0.123 e. The molecule has 25 heavy (non-hydrogen) atoms. The second-order valence-electron chi connectivity index (χ2n) is 8.08. The lowest BCUT2D eigenvalue weighted by Crippen LogP contribution is -2.50. The first-order valence-corrected chi connectivity index (χ1v) is 9.72. The predicted octanol–water partition coefficient (Wildman–Crippen LogP) is 3.66. The minimum atomic E-state index is 0.0883. The molecule has 1 aromatic heterocycles. The van der Waals surface area contributed by atoms with E-state index in [-0.39, 0.29) is 5.60 Å². The van der Waals surface area contributed by atoms with Gasteiger partial charge in [-0.05, 0) is 67.7 Å². The van der Waals surface area contributed by atoms with Gasteiger partial charge in [0, 0.05) is 31.5 Å². The Hall–Kier alpha value is -1.87. The molecule has 1 saturated heterocycles. The van der Waals surface area contributed by atoms with Crippen molar-refractivity contribution in [3.8, 4) is 5.75 Å². The summed E-state index contributed by atoms with van der Waals surface area (Å²) in [5.41, 5.74) is 4.26. The van der Waals surface area contributed by atoms with Crippen LogP contribution in [0.2, 0.25) is 0 Å². The molecular formula is C22H26N2O. The monoisotopic (exact) mass is 334 g/mol. The molecule has 0 saturated carbocycles. The van der Waals surface area contributed by atoms with Gasteiger partial charge < -0.3 is 9.64 Å². The van der Waals surface area contributed by atoms with E-state index in [1.165, 1.54) is 68.6 Å². The van der Waals surface area contributed by atoms with Gasteiger partial charge in [0.05, 0.1) is 0 Å². The molecule has 0 N–H and O–H groups in total. The third kappa shape index (κ3) is 2.95. The quantitative estimate of drug-likeness (QED) is 0.838. The largest absolute Gasteiger partial charge is 0.487 e. The number of fused-ring (bicyclic) bond motifs is 2. The van der Waals surface area contributed by atoms with E-state index in [1.807, 2.05) is 6.20 Å².